The first-order valence-electron chi connectivity index (χ1n) is 6.22. The summed E-state index contributed by atoms with van der Waals surface area (Å²) in [6.07, 6.45) is 1.60. The van der Waals surface area contributed by atoms with Crippen LogP contribution >= 0.6 is 0 Å². The van der Waals surface area contributed by atoms with E-state index in [0.29, 0.717) is 6.54 Å². The first-order chi connectivity index (χ1) is 8.80. The molecule has 0 atom stereocenters. The molecule has 0 spiro atoms. The fourth-order valence-electron chi connectivity index (χ4n) is 1.64. The van der Waals surface area contributed by atoms with Crippen molar-refractivity contribution < 1.29 is 14.7 Å². The van der Waals surface area contributed by atoms with E-state index in [1.165, 1.54) is 0 Å². The van der Waals surface area contributed by atoms with Gasteiger partial charge in [-0.2, -0.15) is 0 Å². The fraction of sp³-hybridized carbons (Fsp3) is 0.500. The standard InChI is InChI=1S/C14H20N2O3/c1-14(2,3)13(19)16(9-7-12(17)18)10-11-6-4-5-8-15-11/h4-6,8H,7,9-10H2,1-3H3,(H,17,18). The van der Waals surface area contributed by atoms with Crippen molar-refractivity contribution in [2.75, 3.05) is 6.54 Å². The SMILES string of the molecule is CC(C)(C)C(=O)N(CCC(=O)O)Cc1ccccn1. The Morgan fingerprint density at radius 2 is 2.00 bits per heavy atom. The van der Waals surface area contributed by atoms with E-state index in [4.69, 9.17) is 5.11 Å². The van der Waals surface area contributed by atoms with E-state index < -0.39 is 11.4 Å². The number of carbonyl (C=O) groups is 2. The van der Waals surface area contributed by atoms with E-state index in [1.807, 2.05) is 32.9 Å². The number of pyridine rings is 1. The summed E-state index contributed by atoms with van der Waals surface area (Å²) < 4.78 is 0. The Hall–Kier alpha value is -1.91. The summed E-state index contributed by atoms with van der Waals surface area (Å²) in [6, 6.07) is 5.47. The van der Waals surface area contributed by atoms with Crippen LogP contribution in [0.15, 0.2) is 24.4 Å². The molecule has 1 heterocycles. The van der Waals surface area contributed by atoms with Crippen molar-refractivity contribution in [1.29, 1.82) is 0 Å². The second-order valence-electron chi connectivity index (χ2n) is 5.44. The quantitative estimate of drug-likeness (QED) is 0.882. The normalized spacial score (nSPS) is 11.1. The average Bonchev–Trinajstić information content (AvgIpc) is 2.33. The van der Waals surface area contributed by atoms with E-state index >= 15 is 0 Å². The van der Waals surface area contributed by atoms with Crippen LogP contribution in [0.25, 0.3) is 0 Å². The summed E-state index contributed by atoms with van der Waals surface area (Å²) in [5.41, 5.74) is 0.221. The molecule has 0 aliphatic heterocycles. The molecule has 0 bridgehead atoms. The average molecular weight is 264 g/mol. The molecular formula is C14H20N2O3. The largest absolute Gasteiger partial charge is 0.481 e. The molecule has 0 fully saturated rings. The summed E-state index contributed by atoms with van der Waals surface area (Å²) in [5.74, 6) is -0.980. The van der Waals surface area contributed by atoms with Gasteiger partial charge in [0.05, 0.1) is 18.7 Å². The van der Waals surface area contributed by atoms with Gasteiger partial charge >= 0.3 is 5.97 Å². The minimum absolute atomic E-state index is 0.0609. The van der Waals surface area contributed by atoms with Crippen LogP contribution in [0.4, 0.5) is 0 Å². The number of rotatable bonds is 5. The van der Waals surface area contributed by atoms with Crippen LogP contribution in [0, 0.1) is 5.41 Å². The van der Waals surface area contributed by atoms with Crippen molar-refractivity contribution in [3.63, 3.8) is 0 Å². The number of carboxylic acid groups (broad SMARTS) is 1. The molecule has 0 aliphatic carbocycles. The molecule has 1 N–H and O–H groups in total. The Morgan fingerprint density at radius 3 is 2.47 bits per heavy atom. The second-order valence-corrected chi connectivity index (χ2v) is 5.44. The van der Waals surface area contributed by atoms with Gasteiger partial charge in [0.25, 0.3) is 0 Å². The van der Waals surface area contributed by atoms with Crippen molar-refractivity contribution in [3.05, 3.63) is 30.1 Å². The molecule has 5 nitrogen and oxygen atoms in total. The Labute approximate surface area is 113 Å². The Balaban J connectivity index is 2.80. The molecule has 19 heavy (non-hydrogen) atoms. The van der Waals surface area contributed by atoms with Crippen LogP contribution in [0.5, 0.6) is 0 Å². The number of hydrogen-bond donors (Lipinski definition) is 1. The summed E-state index contributed by atoms with van der Waals surface area (Å²) in [4.78, 5) is 28.7. The monoisotopic (exact) mass is 264 g/mol. The summed E-state index contributed by atoms with van der Waals surface area (Å²) >= 11 is 0. The predicted octanol–water partition coefficient (Wildman–Crippen LogP) is 1.93. The topological polar surface area (TPSA) is 70.5 Å². The van der Waals surface area contributed by atoms with Crippen molar-refractivity contribution in [2.24, 2.45) is 5.41 Å². The lowest BCUT2D eigenvalue weighted by atomic mass is 9.94. The van der Waals surface area contributed by atoms with E-state index in [2.05, 4.69) is 4.98 Å². The second kappa shape index (κ2) is 6.31. The molecule has 1 aromatic heterocycles. The number of nitrogens with zero attached hydrogens (tertiary/aromatic N) is 2. The van der Waals surface area contributed by atoms with Crippen LogP contribution < -0.4 is 0 Å². The third-order valence-electron chi connectivity index (χ3n) is 2.60. The highest BCUT2D eigenvalue weighted by molar-refractivity contribution is 5.82. The minimum atomic E-state index is -0.910. The lowest BCUT2D eigenvalue weighted by molar-refractivity contribution is -0.142. The Kier molecular flexibility index (Phi) is 5.03. The molecule has 0 saturated carbocycles. The first kappa shape index (κ1) is 15.1. The number of aliphatic carboxylic acids is 1. The van der Waals surface area contributed by atoms with Gasteiger partial charge < -0.3 is 10.0 Å². The van der Waals surface area contributed by atoms with Gasteiger partial charge in [0.1, 0.15) is 0 Å². The number of hydrogen-bond acceptors (Lipinski definition) is 3. The summed E-state index contributed by atoms with van der Waals surface area (Å²) in [5, 5.41) is 8.76. The van der Waals surface area contributed by atoms with Gasteiger partial charge in [0, 0.05) is 18.2 Å². The number of carbonyl (C=O) groups excluding carboxylic acids is 1. The van der Waals surface area contributed by atoms with Gasteiger partial charge in [0.15, 0.2) is 0 Å². The summed E-state index contributed by atoms with van der Waals surface area (Å²) in [6.45, 7) is 6.00. The molecule has 104 valence electrons. The molecule has 0 unspecified atom stereocenters. The Bertz CT molecular complexity index is 438. The van der Waals surface area contributed by atoms with Crippen molar-refractivity contribution >= 4 is 11.9 Å². The van der Waals surface area contributed by atoms with Crippen molar-refractivity contribution in [2.45, 2.75) is 33.7 Å². The van der Waals surface area contributed by atoms with Gasteiger partial charge in [0.2, 0.25) is 5.91 Å². The highest BCUT2D eigenvalue weighted by atomic mass is 16.4. The lowest BCUT2D eigenvalue weighted by Gasteiger charge is -2.29. The van der Waals surface area contributed by atoms with E-state index in [1.54, 1.807) is 17.2 Å². The fourth-order valence-corrected chi connectivity index (χ4v) is 1.64. The van der Waals surface area contributed by atoms with Gasteiger partial charge in [-0.1, -0.05) is 26.8 Å². The molecule has 0 saturated heterocycles. The zero-order valence-electron chi connectivity index (χ0n) is 11.6. The summed E-state index contributed by atoms with van der Waals surface area (Å²) in [7, 11) is 0. The van der Waals surface area contributed by atoms with Gasteiger partial charge in [-0.05, 0) is 12.1 Å². The van der Waals surface area contributed by atoms with E-state index in [9.17, 15) is 9.59 Å². The van der Waals surface area contributed by atoms with E-state index in [-0.39, 0.29) is 18.9 Å². The number of amides is 1. The molecule has 0 aliphatic rings. The smallest absolute Gasteiger partial charge is 0.305 e. The number of aromatic nitrogens is 1. The molecule has 0 aromatic carbocycles. The third kappa shape index (κ3) is 5.07. The molecule has 1 aromatic rings. The van der Waals surface area contributed by atoms with Gasteiger partial charge in [-0.3, -0.25) is 14.6 Å². The maximum atomic E-state index is 12.3. The van der Waals surface area contributed by atoms with Crippen LogP contribution in [-0.4, -0.2) is 33.4 Å². The molecule has 0 radical (unpaired) electrons. The maximum absolute atomic E-state index is 12.3. The number of carboxylic acids is 1. The lowest BCUT2D eigenvalue weighted by Crippen LogP contribution is -2.40. The predicted molar refractivity (Wildman–Crippen MR) is 71.4 cm³/mol. The van der Waals surface area contributed by atoms with Crippen molar-refractivity contribution in [3.8, 4) is 0 Å². The molecule has 1 amide bonds. The Morgan fingerprint density at radius 1 is 1.32 bits per heavy atom. The highest BCUT2D eigenvalue weighted by Gasteiger charge is 2.27. The van der Waals surface area contributed by atoms with Crippen LogP contribution in [-0.2, 0) is 16.1 Å². The van der Waals surface area contributed by atoms with Crippen LogP contribution in [0.1, 0.15) is 32.9 Å². The molecule has 1 rings (SSSR count). The highest BCUT2D eigenvalue weighted by Crippen LogP contribution is 2.19. The molecular weight excluding hydrogens is 244 g/mol. The maximum Gasteiger partial charge on any atom is 0.305 e. The zero-order valence-corrected chi connectivity index (χ0v) is 11.6. The van der Waals surface area contributed by atoms with Crippen molar-refractivity contribution in [1.82, 2.24) is 9.88 Å². The van der Waals surface area contributed by atoms with Gasteiger partial charge in [-0.15, -0.1) is 0 Å². The van der Waals surface area contributed by atoms with Crippen LogP contribution in [0.3, 0.4) is 0 Å². The minimum Gasteiger partial charge on any atom is -0.481 e. The van der Waals surface area contributed by atoms with E-state index in [0.717, 1.165) is 5.69 Å². The van der Waals surface area contributed by atoms with Crippen LogP contribution in [0.2, 0.25) is 0 Å². The van der Waals surface area contributed by atoms with Gasteiger partial charge in [-0.25, -0.2) is 0 Å². The first-order valence-corrected chi connectivity index (χ1v) is 6.22. The zero-order chi connectivity index (χ0) is 14.5. The molecule has 5 heteroatoms. The third-order valence-corrected chi connectivity index (χ3v) is 2.60.